The van der Waals surface area contributed by atoms with Gasteiger partial charge in [0.1, 0.15) is 6.61 Å². The van der Waals surface area contributed by atoms with Crippen LogP contribution in [0.4, 0.5) is 13.2 Å². The van der Waals surface area contributed by atoms with Crippen LogP contribution in [-0.4, -0.2) is 31.3 Å². The van der Waals surface area contributed by atoms with Crippen molar-refractivity contribution in [2.75, 3.05) is 19.8 Å². The van der Waals surface area contributed by atoms with Crippen LogP contribution in [0, 0.1) is 0 Å². The zero-order valence-corrected chi connectivity index (χ0v) is 11.7. The Kier molecular flexibility index (Phi) is 5.29. The Bertz CT molecular complexity index is 439. The van der Waals surface area contributed by atoms with Gasteiger partial charge in [-0.3, -0.25) is 0 Å². The first-order valence-electron chi connectivity index (χ1n) is 6.57. The fraction of sp³-hybridized carbons (Fsp3) is 0.571. The normalized spacial score (nSPS) is 22.0. The number of halogens is 4. The van der Waals surface area contributed by atoms with Crippen molar-refractivity contribution >= 4 is 11.6 Å². The number of hydrogen-bond acceptors (Lipinski definition) is 2. The lowest BCUT2D eigenvalue weighted by atomic mass is 10.1. The molecule has 0 aliphatic heterocycles. The van der Waals surface area contributed by atoms with E-state index in [0.29, 0.717) is 13.0 Å². The molecule has 0 bridgehead atoms. The molecular formula is C14H17ClF3NO. The number of fused-ring (bicyclic) bond motifs is 1. The minimum Gasteiger partial charge on any atom is -0.372 e. The molecule has 0 spiro atoms. The van der Waals surface area contributed by atoms with Gasteiger partial charge in [0.05, 0.1) is 5.38 Å². The molecule has 0 aromatic heterocycles. The van der Waals surface area contributed by atoms with Crippen molar-refractivity contribution in [1.29, 1.82) is 0 Å². The molecule has 1 aromatic rings. The average molecular weight is 308 g/mol. The van der Waals surface area contributed by atoms with Crippen LogP contribution in [0.5, 0.6) is 0 Å². The highest BCUT2D eigenvalue weighted by atomic mass is 35.5. The molecular weight excluding hydrogens is 291 g/mol. The lowest BCUT2D eigenvalue weighted by Gasteiger charge is -2.17. The largest absolute Gasteiger partial charge is 0.411 e. The molecule has 0 saturated carbocycles. The quantitative estimate of drug-likeness (QED) is 0.642. The zero-order chi connectivity index (χ0) is 14.6. The van der Waals surface area contributed by atoms with E-state index in [1.165, 1.54) is 11.1 Å². The molecule has 0 saturated heterocycles. The third kappa shape index (κ3) is 4.36. The summed E-state index contributed by atoms with van der Waals surface area (Å²) in [6.45, 7) is -0.509. The van der Waals surface area contributed by atoms with Crippen molar-refractivity contribution in [2.24, 2.45) is 0 Å². The van der Waals surface area contributed by atoms with Gasteiger partial charge in [-0.15, -0.1) is 11.6 Å². The first kappa shape index (κ1) is 15.6. The third-order valence-electron chi connectivity index (χ3n) is 3.26. The molecule has 2 nitrogen and oxygen atoms in total. The molecule has 1 aliphatic carbocycles. The van der Waals surface area contributed by atoms with Crippen LogP contribution in [-0.2, 0) is 11.2 Å². The Morgan fingerprint density at radius 3 is 2.80 bits per heavy atom. The van der Waals surface area contributed by atoms with E-state index in [-0.39, 0.29) is 18.0 Å². The van der Waals surface area contributed by atoms with E-state index in [1.807, 2.05) is 18.2 Å². The second kappa shape index (κ2) is 6.78. The molecule has 2 unspecified atom stereocenters. The SMILES string of the molecule is FC(F)(F)COCCCNC1c2ccccc2CC1Cl. The fourth-order valence-corrected chi connectivity index (χ4v) is 2.79. The highest BCUT2D eigenvalue weighted by molar-refractivity contribution is 6.21. The van der Waals surface area contributed by atoms with E-state index in [2.05, 4.69) is 16.1 Å². The maximum Gasteiger partial charge on any atom is 0.411 e. The van der Waals surface area contributed by atoms with Gasteiger partial charge in [-0.1, -0.05) is 24.3 Å². The minimum atomic E-state index is -4.25. The number of alkyl halides is 4. The van der Waals surface area contributed by atoms with Gasteiger partial charge in [0, 0.05) is 12.6 Å². The molecule has 2 rings (SSSR count). The van der Waals surface area contributed by atoms with Crippen molar-refractivity contribution in [1.82, 2.24) is 5.32 Å². The smallest absolute Gasteiger partial charge is 0.372 e. The number of ether oxygens (including phenoxy) is 1. The van der Waals surface area contributed by atoms with Crippen molar-refractivity contribution in [3.8, 4) is 0 Å². The first-order chi connectivity index (χ1) is 9.47. The maximum atomic E-state index is 11.9. The van der Waals surface area contributed by atoms with Crippen LogP contribution in [0.25, 0.3) is 0 Å². The summed E-state index contributed by atoms with van der Waals surface area (Å²) in [5.41, 5.74) is 2.42. The lowest BCUT2D eigenvalue weighted by Crippen LogP contribution is -2.27. The van der Waals surface area contributed by atoms with Crippen molar-refractivity contribution < 1.29 is 17.9 Å². The van der Waals surface area contributed by atoms with Crippen LogP contribution in [0.3, 0.4) is 0 Å². The highest BCUT2D eigenvalue weighted by Gasteiger charge is 2.30. The molecule has 1 aromatic carbocycles. The van der Waals surface area contributed by atoms with Gasteiger partial charge < -0.3 is 10.1 Å². The summed E-state index contributed by atoms with van der Waals surface area (Å²) in [5, 5.41) is 3.28. The summed E-state index contributed by atoms with van der Waals surface area (Å²) in [5.74, 6) is 0. The van der Waals surface area contributed by atoms with Crippen LogP contribution >= 0.6 is 11.6 Å². The van der Waals surface area contributed by atoms with E-state index >= 15 is 0 Å². The number of hydrogen-bond donors (Lipinski definition) is 1. The third-order valence-corrected chi connectivity index (χ3v) is 3.67. The molecule has 20 heavy (non-hydrogen) atoms. The molecule has 2 atom stereocenters. The Labute approximate surface area is 121 Å². The van der Waals surface area contributed by atoms with E-state index < -0.39 is 12.8 Å². The standard InChI is InChI=1S/C14H17ClF3NO/c15-12-8-10-4-1-2-5-11(10)13(12)19-6-3-7-20-9-14(16,17)18/h1-2,4-5,12-13,19H,3,6-9H2. The second-order valence-electron chi connectivity index (χ2n) is 4.87. The van der Waals surface area contributed by atoms with Gasteiger partial charge >= 0.3 is 6.18 Å². The summed E-state index contributed by atoms with van der Waals surface area (Å²) in [6.07, 6.45) is -2.91. The van der Waals surface area contributed by atoms with Gasteiger partial charge in [-0.25, -0.2) is 0 Å². The number of nitrogens with one attached hydrogen (secondary N) is 1. The Balaban J connectivity index is 1.70. The first-order valence-corrected chi connectivity index (χ1v) is 7.01. The van der Waals surface area contributed by atoms with Crippen molar-refractivity contribution in [3.05, 3.63) is 35.4 Å². The van der Waals surface area contributed by atoms with Gasteiger partial charge in [-0.2, -0.15) is 13.2 Å². The fourth-order valence-electron chi connectivity index (χ4n) is 2.40. The molecule has 1 aliphatic rings. The highest BCUT2D eigenvalue weighted by Crippen LogP contribution is 2.34. The second-order valence-corrected chi connectivity index (χ2v) is 5.43. The van der Waals surface area contributed by atoms with Crippen LogP contribution in [0.2, 0.25) is 0 Å². The topological polar surface area (TPSA) is 21.3 Å². The van der Waals surface area contributed by atoms with E-state index in [1.54, 1.807) is 0 Å². The van der Waals surface area contributed by atoms with Crippen LogP contribution < -0.4 is 5.32 Å². The monoisotopic (exact) mass is 307 g/mol. The van der Waals surface area contributed by atoms with Gasteiger partial charge in [-0.05, 0) is 30.5 Å². The Hall–Kier alpha value is -0.780. The molecule has 0 heterocycles. The van der Waals surface area contributed by atoms with Gasteiger partial charge in [0.25, 0.3) is 0 Å². The predicted molar refractivity (Wildman–Crippen MR) is 72.0 cm³/mol. The van der Waals surface area contributed by atoms with E-state index in [4.69, 9.17) is 11.6 Å². The van der Waals surface area contributed by atoms with E-state index in [0.717, 1.165) is 6.42 Å². The van der Waals surface area contributed by atoms with Crippen molar-refractivity contribution in [2.45, 2.75) is 30.4 Å². The average Bonchev–Trinajstić information content (AvgIpc) is 2.68. The Morgan fingerprint density at radius 1 is 1.30 bits per heavy atom. The Morgan fingerprint density at radius 2 is 2.05 bits per heavy atom. The number of benzene rings is 1. The summed E-state index contributed by atoms with van der Waals surface area (Å²) in [7, 11) is 0. The number of rotatable bonds is 6. The molecule has 1 N–H and O–H groups in total. The van der Waals surface area contributed by atoms with E-state index in [9.17, 15) is 13.2 Å². The van der Waals surface area contributed by atoms with Crippen molar-refractivity contribution in [3.63, 3.8) is 0 Å². The summed E-state index contributed by atoms with van der Waals surface area (Å²) in [6, 6.07) is 8.11. The van der Waals surface area contributed by atoms with Crippen LogP contribution in [0.1, 0.15) is 23.6 Å². The summed E-state index contributed by atoms with van der Waals surface area (Å²) < 4.78 is 40.2. The molecule has 0 fully saturated rings. The molecule has 0 radical (unpaired) electrons. The van der Waals surface area contributed by atoms with Crippen LogP contribution in [0.15, 0.2) is 24.3 Å². The molecule has 6 heteroatoms. The molecule has 112 valence electrons. The molecule has 0 amide bonds. The minimum absolute atomic E-state index is 0.0107. The summed E-state index contributed by atoms with van der Waals surface area (Å²) in [4.78, 5) is 0. The lowest BCUT2D eigenvalue weighted by molar-refractivity contribution is -0.173. The predicted octanol–water partition coefficient (Wildman–Crippen LogP) is 3.45. The zero-order valence-electron chi connectivity index (χ0n) is 10.9. The summed E-state index contributed by atoms with van der Waals surface area (Å²) >= 11 is 6.30. The maximum absolute atomic E-state index is 11.9. The van der Waals surface area contributed by atoms with Gasteiger partial charge in [0.15, 0.2) is 0 Å². The van der Waals surface area contributed by atoms with Gasteiger partial charge in [0.2, 0.25) is 0 Å².